The van der Waals surface area contributed by atoms with Crippen LogP contribution in [-0.2, 0) is 0 Å². The fourth-order valence-electron chi connectivity index (χ4n) is 2.52. The van der Waals surface area contributed by atoms with Crippen LogP contribution in [-0.4, -0.2) is 30.3 Å². The third kappa shape index (κ3) is 4.56. The summed E-state index contributed by atoms with van der Waals surface area (Å²) in [5.74, 6) is 0.276. The molecule has 1 fully saturated rings. The number of hydrogen-bond acceptors (Lipinski definition) is 2. The molecule has 104 valence electrons. The van der Waals surface area contributed by atoms with Crippen molar-refractivity contribution >= 4 is 28.4 Å². The topological polar surface area (TPSA) is 20.3 Å². The molecule has 0 bridgehead atoms. The maximum Gasteiger partial charge on any atom is 0.164 e. The van der Waals surface area contributed by atoms with Crippen molar-refractivity contribution in [2.75, 3.05) is 19.6 Å². The summed E-state index contributed by atoms with van der Waals surface area (Å²) in [6, 6.07) is 8.10. The van der Waals surface area contributed by atoms with Crippen LogP contribution >= 0.6 is 22.6 Å². The molecule has 1 aromatic rings. The number of benzene rings is 1. The Hall–Kier alpha value is -0.420. The first-order valence-corrected chi connectivity index (χ1v) is 8.41. The van der Waals surface area contributed by atoms with Crippen molar-refractivity contribution in [3.05, 3.63) is 35.4 Å². The molecule has 1 aliphatic heterocycles. The van der Waals surface area contributed by atoms with Gasteiger partial charge in [-0.15, -0.1) is 0 Å². The van der Waals surface area contributed by atoms with E-state index < -0.39 is 0 Å². The van der Waals surface area contributed by atoms with E-state index in [1.165, 1.54) is 37.9 Å². The van der Waals surface area contributed by atoms with Crippen LogP contribution in [0.2, 0.25) is 0 Å². The zero-order valence-corrected chi connectivity index (χ0v) is 13.7. The summed E-state index contributed by atoms with van der Waals surface area (Å²) in [4.78, 5) is 14.6. The monoisotopic (exact) mass is 371 g/mol. The van der Waals surface area contributed by atoms with Gasteiger partial charge < -0.3 is 4.90 Å². The Kier molecular flexibility index (Phi) is 5.82. The number of piperidine rings is 1. The molecule has 0 aromatic heterocycles. The van der Waals surface area contributed by atoms with E-state index in [9.17, 15) is 4.79 Å². The molecule has 1 heterocycles. The number of nitrogens with zero attached hydrogens (tertiary/aromatic N) is 1. The van der Waals surface area contributed by atoms with Crippen LogP contribution < -0.4 is 0 Å². The van der Waals surface area contributed by atoms with Gasteiger partial charge in [-0.25, -0.2) is 0 Å². The Balaban J connectivity index is 1.85. The highest BCUT2D eigenvalue weighted by Crippen LogP contribution is 2.22. The van der Waals surface area contributed by atoms with Crippen LogP contribution in [0, 0.1) is 0 Å². The van der Waals surface area contributed by atoms with Crippen molar-refractivity contribution in [2.24, 2.45) is 0 Å². The Morgan fingerprint density at radius 2 is 1.84 bits per heavy atom. The second-order valence-corrected chi connectivity index (χ2v) is 7.18. The largest absolute Gasteiger partial charge is 0.303 e. The van der Waals surface area contributed by atoms with E-state index in [1.807, 2.05) is 12.1 Å². The van der Waals surface area contributed by atoms with E-state index in [4.69, 9.17) is 0 Å². The van der Waals surface area contributed by atoms with E-state index >= 15 is 0 Å². The van der Waals surface area contributed by atoms with Crippen LogP contribution in [0.1, 0.15) is 52.5 Å². The Labute approximate surface area is 129 Å². The van der Waals surface area contributed by atoms with Gasteiger partial charge in [0, 0.05) is 22.5 Å². The molecule has 0 aliphatic carbocycles. The summed E-state index contributed by atoms with van der Waals surface area (Å²) in [6.07, 6.45) is 4.58. The van der Waals surface area contributed by atoms with Crippen molar-refractivity contribution in [3.8, 4) is 0 Å². The van der Waals surface area contributed by atoms with Gasteiger partial charge in [0.15, 0.2) is 5.78 Å². The highest BCUT2D eigenvalue weighted by Gasteiger charge is 2.13. The van der Waals surface area contributed by atoms with E-state index in [0.29, 0.717) is 10.3 Å². The zero-order valence-electron chi connectivity index (χ0n) is 11.6. The molecule has 3 heteroatoms. The molecule has 1 saturated heterocycles. The Morgan fingerprint density at radius 1 is 1.21 bits per heavy atom. The minimum Gasteiger partial charge on any atom is -0.303 e. The fourth-order valence-corrected chi connectivity index (χ4v) is 2.94. The van der Waals surface area contributed by atoms with Gasteiger partial charge in [-0.1, -0.05) is 53.3 Å². The van der Waals surface area contributed by atoms with Gasteiger partial charge in [0.1, 0.15) is 0 Å². The van der Waals surface area contributed by atoms with E-state index in [-0.39, 0.29) is 5.78 Å². The summed E-state index contributed by atoms with van der Waals surface area (Å²) in [7, 11) is 0. The number of carbonyl (C=O) groups excluding carboxylic acids is 1. The molecule has 1 unspecified atom stereocenters. The van der Waals surface area contributed by atoms with Crippen molar-refractivity contribution < 1.29 is 4.79 Å². The molecule has 0 radical (unpaired) electrons. The van der Waals surface area contributed by atoms with Crippen LogP contribution in [0.4, 0.5) is 0 Å². The van der Waals surface area contributed by atoms with E-state index in [0.717, 1.165) is 12.1 Å². The normalized spacial score (nSPS) is 18.2. The lowest BCUT2D eigenvalue weighted by atomic mass is 10.0. The molecular weight excluding hydrogens is 349 g/mol. The van der Waals surface area contributed by atoms with Crippen molar-refractivity contribution in [1.82, 2.24) is 4.90 Å². The highest BCUT2D eigenvalue weighted by atomic mass is 127. The van der Waals surface area contributed by atoms with Gasteiger partial charge in [-0.2, -0.15) is 0 Å². The smallest absolute Gasteiger partial charge is 0.164 e. The first-order valence-electron chi connectivity index (χ1n) is 7.16. The quantitative estimate of drug-likeness (QED) is 0.438. The Bertz CT molecular complexity index is 407. The number of carbonyl (C=O) groups is 1. The molecule has 0 spiro atoms. The lowest BCUT2D eigenvalue weighted by Crippen LogP contribution is -2.31. The standard InChI is InChI=1S/C16H22INO/c1-13(17)14-5-7-15(8-6-14)16(19)9-12-18-10-3-2-4-11-18/h5-8,13H,2-4,9-12H2,1H3. The highest BCUT2D eigenvalue weighted by molar-refractivity contribution is 14.1. The molecule has 19 heavy (non-hydrogen) atoms. The summed E-state index contributed by atoms with van der Waals surface area (Å²) in [6.45, 7) is 5.41. The number of ketones is 1. The van der Waals surface area contributed by atoms with Gasteiger partial charge in [-0.05, 0) is 38.4 Å². The van der Waals surface area contributed by atoms with E-state index in [2.05, 4.69) is 46.5 Å². The number of likely N-dealkylation sites (tertiary alicyclic amines) is 1. The van der Waals surface area contributed by atoms with Crippen molar-refractivity contribution in [3.63, 3.8) is 0 Å². The van der Waals surface area contributed by atoms with Crippen molar-refractivity contribution in [2.45, 2.75) is 36.5 Å². The molecule has 2 rings (SSSR count). The zero-order chi connectivity index (χ0) is 13.7. The second-order valence-electron chi connectivity index (χ2n) is 5.31. The van der Waals surface area contributed by atoms with Gasteiger partial charge >= 0.3 is 0 Å². The summed E-state index contributed by atoms with van der Waals surface area (Å²) >= 11 is 2.39. The lowest BCUT2D eigenvalue weighted by Gasteiger charge is -2.25. The maximum absolute atomic E-state index is 12.1. The van der Waals surface area contributed by atoms with Crippen molar-refractivity contribution in [1.29, 1.82) is 0 Å². The predicted octanol–water partition coefficient (Wildman–Crippen LogP) is 4.24. The number of rotatable bonds is 5. The maximum atomic E-state index is 12.1. The molecule has 1 aromatic carbocycles. The van der Waals surface area contributed by atoms with Gasteiger partial charge in [0.2, 0.25) is 0 Å². The summed E-state index contributed by atoms with van der Waals surface area (Å²) in [5.41, 5.74) is 2.14. The molecule has 1 atom stereocenters. The molecule has 1 aliphatic rings. The molecular formula is C16H22INO. The van der Waals surface area contributed by atoms with Gasteiger partial charge in [-0.3, -0.25) is 4.79 Å². The Morgan fingerprint density at radius 3 is 2.42 bits per heavy atom. The minimum absolute atomic E-state index is 0.276. The summed E-state index contributed by atoms with van der Waals surface area (Å²) < 4.78 is 0.495. The third-order valence-electron chi connectivity index (χ3n) is 3.80. The SMILES string of the molecule is CC(I)c1ccc(C(=O)CCN2CCCCC2)cc1. The first-order chi connectivity index (χ1) is 9.16. The number of hydrogen-bond donors (Lipinski definition) is 0. The number of halogens is 1. The average Bonchev–Trinajstić information content (AvgIpc) is 2.46. The molecule has 0 saturated carbocycles. The van der Waals surface area contributed by atoms with Crippen LogP contribution in [0.25, 0.3) is 0 Å². The third-order valence-corrected chi connectivity index (χ3v) is 4.51. The molecule has 0 amide bonds. The average molecular weight is 371 g/mol. The van der Waals surface area contributed by atoms with Crippen LogP contribution in [0.5, 0.6) is 0 Å². The van der Waals surface area contributed by atoms with Gasteiger partial charge in [0.25, 0.3) is 0 Å². The lowest BCUT2D eigenvalue weighted by molar-refractivity contribution is 0.0958. The molecule has 0 N–H and O–H groups in total. The number of alkyl halides is 1. The molecule has 2 nitrogen and oxygen atoms in total. The predicted molar refractivity (Wildman–Crippen MR) is 88.1 cm³/mol. The second kappa shape index (κ2) is 7.39. The first kappa shape index (κ1) is 15.0. The van der Waals surface area contributed by atoms with Crippen LogP contribution in [0.15, 0.2) is 24.3 Å². The minimum atomic E-state index is 0.276. The number of Topliss-reactive ketones (excluding diaryl/α,β-unsaturated/α-hetero) is 1. The van der Waals surface area contributed by atoms with E-state index in [1.54, 1.807) is 0 Å². The fraction of sp³-hybridized carbons (Fsp3) is 0.562. The van der Waals surface area contributed by atoms with Gasteiger partial charge in [0.05, 0.1) is 0 Å². The summed E-state index contributed by atoms with van der Waals surface area (Å²) in [5, 5.41) is 0. The van der Waals surface area contributed by atoms with Crippen LogP contribution in [0.3, 0.4) is 0 Å².